The van der Waals surface area contributed by atoms with Crippen molar-refractivity contribution < 1.29 is 26.7 Å². The molecule has 0 radical (unpaired) electrons. The Bertz CT molecular complexity index is 961. The molecule has 1 aliphatic carbocycles. The second kappa shape index (κ2) is 7.95. The number of nitrogens with one attached hydrogen (secondary N) is 1. The van der Waals surface area contributed by atoms with Crippen molar-refractivity contribution in [3.8, 4) is 0 Å². The Labute approximate surface area is 174 Å². The van der Waals surface area contributed by atoms with Crippen molar-refractivity contribution in [2.24, 2.45) is 23.5 Å². The van der Waals surface area contributed by atoms with E-state index in [0.29, 0.717) is 24.2 Å². The van der Waals surface area contributed by atoms with Crippen LogP contribution in [0.5, 0.6) is 0 Å². The van der Waals surface area contributed by atoms with Crippen LogP contribution in [-0.2, 0) is 11.2 Å². The third-order valence-corrected chi connectivity index (χ3v) is 6.16. The van der Waals surface area contributed by atoms with Gasteiger partial charge in [0.15, 0.2) is 0 Å². The fourth-order valence-electron chi connectivity index (χ4n) is 4.43. The van der Waals surface area contributed by atoms with Gasteiger partial charge in [-0.3, -0.25) is 4.79 Å². The lowest BCUT2D eigenvalue weighted by molar-refractivity contribution is -0.183. The average molecular weight is 446 g/mol. The molecule has 2 aromatic heterocycles. The molecule has 0 bridgehead atoms. The molecule has 2 aromatic rings. The summed E-state index contributed by atoms with van der Waals surface area (Å²) in [7, 11) is 0. The summed E-state index contributed by atoms with van der Waals surface area (Å²) >= 11 is 0. The van der Waals surface area contributed by atoms with Gasteiger partial charge < -0.3 is 11.1 Å². The Hall–Kier alpha value is -2.37. The van der Waals surface area contributed by atoms with Crippen molar-refractivity contribution in [2.45, 2.75) is 56.7 Å². The first kappa shape index (κ1) is 21.8. The predicted octanol–water partition coefficient (Wildman–Crippen LogP) is 2.81. The van der Waals surface area contributed by atoms with E-state index < -0.39 is 48.3 Å². The molecular formula is C19H23F5N6O. The zero-order chi connectivity index (χ0) is 22.4. The van der Waals surface area contributed by atoms with Crippen molar-refractivity contribution in [2.75, 3.05) is 6.54 Å². The Morgan fingerprint density at radius 1 is 1.35 bits per heavy atom. The topological polar surface area (TPSA) is 98.2 Å². The van der Waals surface area contributed by atoms with Gasteiger partial charge in [0.1, 0.15) is 0 Å². The number of amides is 1. The number of nitrogens with two attached hydrogens (primary N) is 1. The van der Waals surface area contributed by atoms with Gasteiger partial charge in [0.25, 0.3) is 5.78 Å². The van der Waals surface area contributed by atoms with E-state index in [-0.39, 0.29) is 31.5 Å². The molecule has 0 aromatic carbocycles. The summed E-state index contributed by atoms with van der Waals surface area (Å²) in [5.41, 5.74) is 6.90. The fourth-order valence-corrected chi connectivity index (χ4v) is 4.43. The number of carbonyl (C=O) groups is 1. The minimum absolute atomic E-state index is 0.00420. The number of hydrogen-bond acceptors (Lipinski definition) is 5. The minimum Gasteiger partial charge on any atom is -0.355 e. The van der Waals surface area contributed by atoms with E-state index in [0.717, 1.165) is 0 Å². The van der Waals surface area contributed by atoms with E-state index in [1.54, 1.807) is 0 Å². The largest absolute Gasteiger partial charge is 0.393 e. The van der Waals surface area contributed by atoms with Crippen LogP contribution in [0.3, 0.4) is 0 Å². The molecule has 170 valence electrons. The van der Waals surface area contributed by atoms with Gasteiger partial charge in [0.2, 0.25) is 11.8 Å². The zero-order valence-corrected chi connectivity index (χ0v) is 16.6. The molecule has 3 heterocycles. The van der Waals surface area contributed by atoms with E-state index in [4.69, 9.17) is 5.73 Å². The highest BCUT2D eigenvalue weighted by Crippen LogP contribution is 2.41. The van der Waals surface area contributed by atoms with Crippen LogP contribution in [0.25, 0.3) is 5.78 Å². The van der Waals surface area contributed by atoms with Crippen LogP contribution < -0.4 is 11.1 Å². The number of aromatic nitrogens is 4. The maximum Gasteiger partial charge on any atom is 0.393 e. The number of rotatable bonds is 4. The second-order valence-corrected chi connectivity index (χ2v) is 8.52. The average Bonchev–Trinajstić information content (AvgIpc) is 3.11. The molecule has 1 saturated carbocycles. The van der Waals surface area contributed by atoms with Crippen LogP contribution in [-0.4, -0.2) is 44.1 Å². The van der Waals surface area contributed by atoms with Gasteiger partial charge in [-0.2, -0.15) is 18.3 Å². The molecule has 0 spiro atoms. The molecule has 1 amide bonds. The third-order valence-electron chi connectivity index (χ3n) is 6.16. The minimum atomic E-state index is -4.38. The van der Waals surface area contributed by atoms with Gasteiger partial charge in [0.05, 0.1) is 35.7 Å². The van der Waals surface area contributed by atoms with Gasteiger partial charge >= 0.3 is 6.18 Å². The Balaban J connectivity index is 1.49. The Morgan fingerprint density at radius 3 is 2.84 bits per heavy atom. The third kappa shape index (κ3) is 4.78. The standard InChI is InChI=1S/C19H23F5N6O/c20-18(21)3-1-2-10(6-18)15(25)14-9-30-17(28-14)27-8-13(29-30)5-11-4-12(19(22,23)24)7-26-16(11)31/h8-12,15H,1-7,25H2,(H,26,31)/t10-,11-,12+,15+/m1/s1. The number of fused-ring (bicyclic) bond motifs is 1. The zero-order valence-electron chi connectivity index (χ0n) is 16.6. The first-order valence-electron chi connectivity index (χ1n) is 10.2. The molecule has 2 fully saturated rings. The first-order valence-corrected chi connectivity index (χ1v) is 10.2. The molecule has 3 N–H and O–H groups in total. The van der Waals surface area contributed by atoms with Crippen LogP contribution in [0.4, 0.5) is 22.0 Å². The van der Waals surface area contributed by atoms with Crippen LogP contribution >= 0.6 is 0 Å². The SMILES string of the molecule is N[C@H](c1cn2nc(C[C@H]3C[C@H](C(F)(F)F)CNC3=O)cnc2n1)[C@@H]1CCCC(F)(F)C1. The van der Waals surface area contributed by atoms with Crippen LogP contribution in [0, 0.1) is 17.8 Å². The van der Waals surface area contributed by atoms with Crippen molar-refractivity contribution in [3.05, 3.63) is 23.8 Å². The van der Waals surface area contributed by atoms with Crippen molar-refractivity contribution >= 4 is 11.7 Å². The summed E-state index contributed by atoms with van der Waals surface area (Å²) < 4.78 is 67.9. The smallest absolute Gasteiger partial charge is 0.355 e. The number of carbonyl (C=O) groups excluding carboxylic acids is 1. The number of nitrogens with zero attached hydrogens (tertiary/aromatic N) is 4. The first-order chi connectivity index (χ1) is 14.5. The number of alkyl halides is 5. The van der Waals surface area contributed by atoms with Crippen LogP contribution in [0.1, 0.15) is 49.5 Å². The molecular weight excluding hydrogens is 423 g/mol. The Kier molecular flexibility index (Phi) is 5.61. The van der Waals surface area contributed by atoms with Gasteiger partial charge in [-0.15, -0.1) is 0 Å². The van der Waals surface area contributed by atoms with Crippen molar-refractivity contribution in [1.29, 1.82) is 0 Å². The summed E-state index contributed by atoms with van der Waals surface area (Å²) in [6, 6.07) is -0.699. The number of hydrogen-bond donors (Lipinski definition) is 2. The summed E-state index contributed by atoms with van der Waals surface area (Å²) in [5.74, 6) is -5.87. The van der Waals surface area contributed by atoms with E-state index in [9.17, 15) is 26.7 Å². The van der Waals surface area contributed by atoms with Crippen LogP contribution in [0.2, 0.25) is 0 Å². The highest BCUT2D eigenvalue weighted by atomic mass is 19.4. The lowest BCUT2D eigenvalue weighted by atomic mass is 9.81. The normalized spacial score (nSPS) is 27.8. The highest BCUT2D eigenvalue weighted by molar-refractivity contribution is 5.79. The van der Waals surface area contributed by atoms with E-state index in [1.165, 1.54) is 16.9 Å². The molecule has 31 heavy (non-hydrogen) atoms. The van der Waals surface area contributed by atoms with Gasteiger partial charge in [-0.05, 0) is 25.2 Å². The van der Waals surface area contributed by atoms with Crippen LogP contribution in [0.15, 0.2) is 12.4 Å². The summed E-state index contributed by atoms with van der Waals surface area (Å²) in [6.45, 7) is -0.424. The molecule has 1 saturated heterocycles. The molecule has 4 atom stereocenters. The van der Waals surface area contributed by atoms with Gasteiger partial charge in [-0.1, -0.05) is 0 Å². The highest BCUT2D eigenvalue weighted by Gasteiger charge is 2.45. The summed E-state index contributed by atoms with van der Waals surface area (Å²) in [5, 5.41) is 6.60. The predicted molar refractivity (Wildman–Crippen MR) is 99.0 cm³/mol. The second-order valence-electron chi connectivity index (χ2n) is 8.52. The lowest BCUT2D eigenvalue weighted by Crippen LogP contribution is -2.47. The molecule has 0 unspecified atom stereocenters. The van der Waals surface area contributed by atoms with Gasteiger partial charge in [0, 0.05) is 31.7 Å². The van der Waals surface area contributed by atoms with E-state index >= 15 is 0 Å². The molecule has 2 aliphatic rings. The van der Waals surface area contributed by atoms with E-state index in [2.05, 4.69) is 20.4 Å². The number of halogens is 5. The Morgan fingerprint density at radius 2 is 2.13 bits per heavy atom. The van der Waals surface area contributed by atoms with E-state index in [1.807, 2.05) is 0 Å². The number of imidazole rings is 1. The summed E-state index contributed by atoms with van der Waals surface area (Å²) in [4.78, 5) is 20.5. The lowest BCUT2D eigenvalue weighted by Gasteiger charge is -2.31. The molecule has 12 heteroatoms. The maximum atomic E-state index is 13.7. The maximum absolute atomic E-state index is 13.7. The molecule has 7 nitrogen and oxygen atoms in total. The van der Waals surface area contributed by atoms with Crippen molar-refractivity contribution in [1.82, 2.24) is 24.9 Å². The quantitative estimate of drug-likeness (QED) is 0.704. The summed E-state index contributed by atoms with van der Waals surface area (Å²) in [6.07, 6.45) is -1.31. The molecule has 4 rings (SSSR count). The fraction of sp³-hybridized carbons (Fsp3) is 0.684. The van der Waals surface area contributed by atoms with Crippen molar-refractivity contribution in [3.63, 3.8) is 0 Å². The molecule has 1 aliphatic heterocycles. The van der Waals surface area contributed by atoms with Gasteiger partial charge in [-0.25, -0.2) is 23.3 Å². The number of piperidine rings is 1. The monoisotopic (exact) mass is 446 g/mol.